The first-order chi connectivity index (χ1) is 15.2. The molecule has 0 spiro atoms. The second-order valence-corrected chi connectivity index (χ2v) is 8.19. The lowest BCUT2D eigenvalue weighted by Crippen LogP contribution is -2.54. The van der Waals surface area contributed by atoms with Gasteiger partial charge >= 0.3 is 0 Å². The molecule has 8 N–H and O–H groups in total. The Hall–Kier alpha value is -3.14. The maximum absolute atomic E-state index is 13.0. The van der Waals surface area contributed by atoms with Crippen LogP contribution in [0.1, 0.15) is 17.5 Å². The molecule has 2 amide bonds. The van der Waals surface area contributed by atoms with Gasteiger partial charge in [0, 0.05) is 33.0 Å². The minimum absolute atomic E-state index is 0.00577. The Morgan fingerprint density at radius 3 is 2.31 bits per heavy atom. The van der Waals surface area contributed by atoms with Crippen LogP contribution in [0.2, 0.25) is 0 Å². The number of amides is 2. The summed E-state index contributed by atoms with van der Waals surface area (Å²) >= 11 is 0. The molecule has 9 heteroatoms. The van der Waals surface area contributed by atoms with E-state index in [4.69, 9.17) is 11.5 Å². The van der Waals surface area contributed by atoms with E-state index in [1.807, 2.05) is 6.07 Å². The molecule has 4 bridgehead atoms. The standard InChI is InChI=1S/C23H30N4O5/c1-27-7-6-15-8-13(2-4-20(15)29)14-3-5-21(30)16(9-14)10-18(25)22(31)26-19(23(27)32)11-17(28)12-24/h2-5,8-9,17-19,28-30H,6-7,10-12,24-25H2,1H3,(H,26,31)/t17-,18+,19+/m1/s1. The van der Waals surface area contributed by atoms with Gasteiger partial charge in [0.2, 0.25) is 11.8 Å². The third-order valence-electron chi connectivity index (χ3n) is 5.76. The van der Waals surface area contributed by atoms with Crippen LogP contribution in [0, 0.1) is 0 Å². The third kappa shape index (κ3) is 5.37. The van der Waals surface area contributed by atoms with Gasteiger partial charge in [-0.2, -0.15) is 0 Å². The molecule has 0 fully saturated rings. The van der Waals surface area contributed by atoms with Crippen LogP contribution >= 0.6 is 0 Å². The van der Waals surface area contributed by atoms with Crippen LogP contribution in [-0.4, -0.2) is 70.4 Å². The van der Waals surface area contributed by atoms with Crippen LogP contribution in [-0.2, 0) is 22.4 Å². The van der Waals surface area contributed by atoms with Crippen molar-refractivity contribution in [2.45, 2.75) is 37.5 Å². The third-order valence-corrected chi connectivity index (χ3v) is 5.76. The Balaban J connectivity index is 2.02. The lowest BCUT2D eigenvalue weighted by molar-refractivity contribution is -0.136. The lowest BCUT2D eigenvalue weighted by atomic mass is 9.96. The van der Waals surface area contributed by atoms with Gasteiger partial charge in [0.25, 0.3) is 0 Å². The molecule has 3 rings (SSSR count). The van der Waals surface area contributed by atoms with Crippen molar-refractivity contribution in [2.75, 3.05) is 20.1 Å². The Morgan fingerprint density at radius 1 is 1.09 bits per heavy atom. The smallest absolute Gasteiger partial charge is 0.245 e. The molecular formula is C23H30N4O5. The van der Waals surface area contributed by atoms with Crippen molar-refractivity contribution in [3.05, 3.63) is 47.5 Å². The highest BCUT2D eigenvalue weighted by Crippen LogP contribution is 2.30. The summed E-state index contributed by atoms with van der Waals surface area (Å²) in [6, 6.07) is 8.20. The molecule has 0 saturated heterocycles. The number of rotatable bonds is 3. The Kier molecular flexibility index (Phi) is 7.34. The first kappa shape index (κ1) is 23.5. The topological polar surface area (TPSA) is 162 Å². The van der Waals surface area contributed by atoms with Gasteiger partial charge in [-0.05, 0) is 52.9 Å². The highest BCUT2D eigenvalue weighted by Gasteiger charge is 2.29. The average Bonchev–Trinajstić information content (AvgIpc) is 2.78. The number of phenolic OH excluding ortho intramolecular Hbond substituents is 2. The Morgan fingerprint density at radius 2 is 1.69 bits per heavy atom. The van der Waals surface area contributed by atoms with Crippen LogP contribution in [0.4, 0.5) is 0 Å². The monoisotopic (exact) mass is 442 g/mol. The first-order valence-electron chi connectivity index (χ1n) is 10.5. The summed E-state index contributed by atoms with van der Waals surface area (Å²) in [7, 11) is 1.59. The molecule has 1 aliphatic heterocycles. The van der Waals surface area contributed by atoms with E-state index >= 15 is 0 Å². The molecule has 1 aliphatic rings. The second kappa shape index (κ2) is 9.99. The zero-order valence-corrected chi connectivity index (χ0v) is 18.0. The predicted octanol–water partition coefficient (Wildman–Crippen LogP) is -0.156. The van der Waals surface area contributed by atoms with Gasteiger partial charge in [-0.3, -0.25) is 9.59 Å². The van der Waals surface area contributed by atoms with Crippen LogP contribution in [0.5, 0.6) is 11.5 Å². The van der Waals surface area contributed by atoms with Crippen LogP contribution in [0.15, 0.2) is 36.4 Å². The highest BCUT2D eigenvalue weighted by atomic mass is 16.3. The van der Waals surface area contributed by atoms with E-state index in [0.717, 1.165) is 11.1 Å². The number of nitrogens with zero attached hydrogens (tertiary/aromatic N) is 1. The van der Waals surface area contributed by atoms with Crippen molar-refractivity contribution in [3.63, 3.8) is 0 Å². The number of carbonyl (C=O) groups is 2. The van der Waals surface area contributed by atoms with Gasteiger partial charge in [0.15, 0.2) is 0 Å². The number of carbonyl (C=O) groups excluding carboxylic acids is 2. The summed E-state index contributed by atoms with van der Waals surface area (Å²) in [5.74, 6) is -0.847. The summed E-state index contributed by atoms with van der Waals surface area (Å²) in [6.45, 7) is 0.227. The Bertz CT molecular complexity index is 996. The number of aliphatic hydroxyl groups excluding tert-OH is 1. The van der Waals surface area contributed by atoms with Crippen molar-refractivity contribution >= 4 is 11.8 Å². The number of nitrogens with two attached hydrogens (primary N) is 2. The van der Waals surface area contributed by atoms with Crippen molar-refractivity contribution in [1.82, 2.24) is 10.2 Å². The van der Waals surface area contributed by atoms with E-state index < -0.39 is 30.0 Å². The van der Waals surface area contributed by atoms with E-state index in [1.165, 1.54) is 11.0 Å². The van der Waals surface area contributed by atoms with Gasteiger partial charge in [-0.1, -0.05) is 12.1 Å². The minimum Gasteiger partial charge on any atom is -0.508 e. The summed E-state index contributed by atoms with van der Waals surface area (Å²) in [5, 5.41) is 33.2. The van der Waals surface area contributed by atoms with E-state index in [2.05, 4.69) is 5.32 Å². The molecule has 9 nitrogen and oxygen atoms in total. The number of aromatic hydroxyl groups is 2. The molecule has 0 saturated carbocycles. The number of phenols is 2. The Labute approximate surface area is 186 Å². The van der Waals surface area contributed by atoms with E-state index in [1.54, 1.807) is 31.3 Å². The highest BCUT2D eigenvalue weighted by molar-refractivity contribution is 5.90. The fourth-order valence-corrected chi connectivity index (χ4v) is 3.76. The van der Waals surface area contributed by atoms with Crippen LogP contribution < -0.4 is 16.8 Å². The zero-order chi connectivity index (χ0) is 23.4. The summed E-state index contributed by atoms with van der Waals surface area (Å²) in [6.07, 6.45) is -0.601. The van der Waals surface area contributed by atoms with Crippen LogP contribution in [0.25, 0.3) is 11.1 Å². The van der Waals surface area contributed by atoms with Gasteiger partial charge in [-0.15, -0.1) is 0 Å². The lowest BCUT2D eigenvalue weighted by Gasteiger charge is -2.27. The number of fused-ring (bicyclic) bond motifs is 5. The largest absolute Gasteiger partial charge is 0.508 e. The van der Waals surface area contributed by atoms with Gasteiger partial charge in [0.05, 0.1) is 12.1 Å². The minimum atomic E-state index is -1.02. The van der Waals surface area contributed by atoms with Gasteiger partial charge in [0.1, 0.15) is 17.5 Å². The molecule has 1 heterocycles. The van der Waals surface area contributed by atoms with E-state index in [0.29, 0.717) is 17.5 Å². The maximum atomic E-state index is 13.0. The van der Waals surface area contributed by atoms with Crippen molar-refractivity contribution in [2.24, 2.45) is 11.5 Å². The van der Waals surface area contributed by atoms with Gasteiger partial charge < -0.3 is 37.0 Å². The SMILES string of the molecule is CN1CCc2cc(ccc2O)-c2ccc(O)c(c2)C[C@H](N)C(=O)N[C@@H](C[C@@H](O)CN)C1=O. The van der Waals surface area contributed by atoms with E-state index in [9.17, 15) is 24.9 Å². The molecule has 32 heavy (non-hydrogen) atoms. The molecule has 0 radical (unpaired) electrons. The predicted molar refractivity (Wildman–Crippen MR) is 120 cm³/mol. The molecule has 0 aliphatic carbocycles. The molecule has 0 aromatic heterocycles. The van der Waals surface area contributed by atoms with Gasteiger partial charge in [-0.25, -0.2) is 0 Å². The molecular weight excluding hydrogens is 412 g/mol. The quantitative estimate of drug-likeness (QED) is 0.385. The van der Waals surface area contributed by atoms with E-state index in [-0.39, 0.29) is 37.4 Å². The number of hydrogen-bond acceptors (Lipinski definition) is 7. The number of benzene rings is 2. The molecule has 172 valence electrons. The number of hydrogen-bond donors (Lipinski definition) is 6. The fourth-order valence-electron chi connectivity index (χ4n) is 3.76. The zero-order valence-electron chi connectivity index (χ0n) is 18.0. The number of likely N-dealkylation sites (N-methyl/N-ethyl adjacent to an activating group) is 1. The number of aliphatic hydroxyl groups is 1. The van der Waals surface area contributed by atoms with Crippen molar-refractivity contribution in [1.29, 1.82) is 0 Å². The maximum Gasteiger partial charge on any atom is 0.245 e. The molecule has 3 atom stereocenters. The normalized spacial score (nSPS) is 20.8. The molecule has 0 unspecified atom stereocenters. The number of nitrogens with one attached hydrogen (secondary N) is 1. The summed E-state index contributed by atoms with van der Waals surface area (Å²) in [5.41, 5.74) is 14.3. The first-order valence-corrected chi connectivity index (χ1v) is 10.5. The average molecular weight is 443 g/mol. The summed E-state index contributed by atoms with van der Waals surface area (Å²) in [4.78, 5) is 27.2. The van der Waals surface area contributed by atoms with Crippen molar-refractivity contribution < 1.29 is 24.9 Å². The molecule has 2 aromatic carbocycles. The van der Waals surface area contributed by atoms with Crippen molar-refractivity contribution in [3.8, 4) is 22.6 Å². The second-order valence-electron chi connectivity index (χ2n) is 8.19. The van der Waals surface area contributed by atoms with Crippen LogP contribution in [0.3, 0.4) is 0 Å². The fraction of sp³-hybridized carbons (Fsp3) is 0.391. The molecule has 2 aromatic rings. The summed E-state index contributed by atoms with van der Waals surface area (Å²) < 4.78 is 0.